The topological polar surface area (TPSA) is 88.8 Å². The van der Waals surface area contributed by atoms with Gasteiger partial charge < -0.3 is 15.3 Å². The molecule has 1 amide bonds. The van der Waals surface area contributed by atoms with Crippen LogP contribution in [0.15, 0.2) is 51.9 Å². The van der Waals surface area contributed by atoms with Gasteiger partial charge in [0.25, 0.3) is 5.91 Å². The number of halogens is 1. The number of rotatable bonds is 2. The SMILES string of the molecule is Cc1c(Cl)cccc1N=c1oc2cc(O)ccc2cc1C(N)=O. The average Bonchev–Trinajstić information content (AvgIpc) is 2.51. The van der Waals surface area contributed by atoms with Crippen LogP contribution in [0, 0.1) is 6.92 Å². The first-order valence-electron chi connectivity index (χ1n) is 6.82. The first-order valence-corrected chi connectivity index (χ1v) is 7.20. The van der Waals surface area contributed by atoms with E-state index >= 15 is 0 Å². The second kappa shape index (κ2) is 5.78. The Morgan fingerprint density at radius 1 is 1.26 bits per heavy atom. The van der Waals surface area contributed by atoms with Crippen LogP contribution >= 0.6 is 11.6 Å². The lowest BCUT2D eigenvalue weighted by molar-refractivity contribution is 0.0996. The Balaban J connectivity index is 2.34. The molecular formula is C17H13ClN2O3. The van der Waals surface area contributed by atoms with Gasteiger partial charge in [-0.3, -0.25) is 4.79 Å². The van der Waals surface area contributed by atoms with Gasteiger partial charge in [-0.25, -0.2) is 4.99 Å². The molecule has 0 saturated heterocycles. The van der Waals surface area contributed by atoms with Gasteiger partial charge in [0.2, 0.25) is 5.55 Å². The Morgan fingerprint density at radius 3 is 2.78 bits per heavy atom. The van der Waals surface area contributed by atoms with Crippen LogP contribution in [0.4, 0.5) is 5.69 Å². The van der Waals surface area contributed by atoms with E-state index in [1.54, 1.807) is 30.3 Å². The van der Waals surface area contributed by atoms with Crippen molar-refractivity contribution in [1.29, 1.82) is 0 Å². The zero-order valence-corrected chi connectivity index (χ0v) is 13.0. The number of hydrogen-bond donors (Lipinski definition) is 2. The van der Waals surface area contributed by atoms with E-state index in [-0.39, 0.29) is 16.9 Å². The van der Waals surface area contributed by atoms with Crippen molar-refractivity contribution >= 4 is 34.2 Å². The number of phenols is 1. The largest absolute Gasteiger partial charge is 0.508 e. The molecule has 23 heavy (non-hydrogen) atoms. The molecule has 116 valence electrons. The molecule has 3 rings (SSSR count). The third-order valence-electron chi connectivity index (χ3n) is 3.46. The summed E-state index contributed by atoms with van der Waals surface area (Å²) in [5, 5.41) is 10.8. The van der Waals surface area contributed by atoms with E-state index in [9.17, 15) is 9.90 Å². The van der Waals surface area contributed by atoms with Gasteiger partial charge in [-0.2, -0.15) is 0 Å². The fraction of sp³-hybridized carbons (Fsp3) is 0.0588. The highest BCUT2D eigenvalue weighted by Crippen LogP contribution is 2.25. The number of phenolic OH excluding ortho intramolecular Hbond substituents is 1. The van der Waals surface area contributed by atoms with Crippen LogP contribution in [-0.2, 0) is 0 Å². The Hall–Kier alpha value is -2.79. The van der Waals surface area contributed by atoms with Crippen LogP contribution in [0.2, 0.25) is 5.02 Å². The fourth-order valence-electron chi connectivity index (χ4n) is 2.19. The number of fused-ring (bicyclic) bond motifs is 1. The van der Waals surface area contributed by atoms with E-state index in [2.05, 4.69) is 4.99 Å². The number of carbonyl (C=O) groups is 1. The summed E-state index contributed by atoms with van der Waals surface area (Å²) in [6.45, 7) is 1.82. The minimum absolute atomic E-state index is 0.0537. The number of amides is 1. The molecular weight excluding hydrogens is 316 g/mol. The van der Waals surface area contributed by atoms with Crippen molar-refractivity contribution in [2.75, 3.05) is 0 Å². The Bertz CT molecular complexity index is 993. The summed E-state index contributed by atoms with van der Waals surface area (Å²) in [4.78, 5) is 16.1. The molecule has 0 fully saturated rings. The zero-order valence-electron chi connectivity index (χ0n) is 12.2. The number of nitrogens with zero attached hydrogens (tertiary/aromatic N) is 1. The highest BCUT2D eigenvalue weighted by molar-refractivity contribution is 6.31. The number of carbonyl (C=O) groups excluding carboxylic acids is 1. The van der Waals surface area contributed by atoms with Gasteiger partial charge in [0.05, 0.1) is 5.69 Å². The maximum atomic E-state index is 11.7. The molecule has 1 heterocycles. The standard InChI is InChI=1S/C17H13ClN2O3/c1-9-13(18)3-2-4-14(9)20-17-12(16(19)22)7-10-5-6-11(21)8-15(10)23-17/h2-8,21H,1H3,(H2,19,22). The van der Waals surface area contributed by atoms with E-state index in [4.69, 9.17) is 21.8 Å². The predicted octanol–water partition coefficient (Wildman–Crippen LogP) is 3.43. The van der Waals surface area contributed by atoms with Crippen LogP contribution in [0.1, 0.15) is 15.9 Å². The molecule has 1 aromatic heterocycles. The van der Waals surface area contributed by atoms with Crippen molar-refractivity contribution < 1.29 is 14.3 Å². The number of nitrogens with two attached hydrogens (primary N) is 1. The highest BCUT2D eigenvalue weighted by Gasteiger charge is 2.10. The summed E-state index contributed by atoms with van der Waals surface area (Å²) in [6, 6.07) is 11.4. The smallest absolute Gasteiger partial charge is 0.254 e. The first-order chi connectivity index (χ1) is 11.0. The van der Waals surface area contributed by atoms with Gasteiger partial charge in [0.15, 0.2) is 0 Å². The van der Waals surface area contributed by atoms with E-state index in [0.717, 1.165) is 5.56 Å². The van der Waals surface area contributed by atoms with Crippen molar-refractivity contribution in [2.24, 2.45) is 10.7 Å². The molecule has 0 atom stereocenters. The molecule has 0 aliphatic heterocycles. The van der Waals surface area contributed by atoms with Crippen LogP contribution in [-0.4, -0.2) is 11.0 Å². The van der Waals surface area contributed by atoms with Gasteiger partial charge in [0, 0.05) is 16.5 Å². The van der Waals surface area contributed by atoms with Crippen molar-refractivity contribution in [1.82, 2.24) is 0 Å². The highest BCUT2D eigenvalue weighted by atomic mass is 35.5. The summed E-state index contributed by atoms with van der Waals surface area (Å²) < 4.78 is 5.66. The van der Waals surface area contributed by atoms with Gasteiger partial charge in [0.1, 0.15) is 16.9 Å². The number of hydrogen-bond acceptors (Lipinski definition) is 4. The van der Waals surface area contributed by atoms with E-state index in [1.165, 1.54) is 12.1 Å². The molecule has 5 nitrogen and oxygen atoms in total. The van der Waals surface area contributed by atoms with Crippen molar-refractivity contribution in [3.8, 4) is 5.75 Å². The lowest BCUT2D eigenvalue weighted by Crippen LogP contribution is -2.21. The van der Waals surface area contributed by atoms with Crippen molar-refractivity contribution in [2.45, 2.75) is 6.92 Å². The van der Waals surface area contributed by atoms with Gasteiger partial charge in [-0.1, -0.05) is 17.7 Å². The lowest BCUT2D eigenvalue weighted by atomic mass is 10.1. The maximum Gasteiger partial charge on any atom is 0.254 e. The molecule has 0 bridgehead atoms. The zero-order chi connectivity index (χ0) is 16.6. The van der Waals surface area contributed by atoms with Crippen LogP contribution < -0.4 is 11.3 Å². The van der Waals surface area contributed by atoms with Gasteiger partial charge in [-0.05, 0) is 42.8 Å². The second-order valence-electron chi connectivity index (χ2n) is 5.05. The van der Waals surface area contributed by atoms with Crippen molar-refractivity contribution in [3.63, 3.8) is 0 Å². The molecule has 0 unspecified atom stereocenters. The molecule has 2 aromatic carbocycles. The van der Waals surface area contributed by atoms with Crippen LogP contribution in [0.25, 0.3) is 11.0 Å². The predicted molar refractivity (Wildman–Crippen MR) is 87.8 cm³/mol. The summed E-state index contributed by atoms with van der Waals surface area (Å²) in [7, 11) is 0. The lowest BCUT2D eigenvalue weighted by Gasteiger charge is -2.04. The molecule has 3 aromatic rings. The fourth-order valence-corrected chi connectivity index (χ4v) is 2.36. The summed E-state index contributed by atoms with van der Waals surface area (Å²) in [6.07, 6.45) is 0. The van der Waals surface area contributed by atoms with Crippen LogP contribution in [0.3, 0.4) is 0 Å². The molecule has 0 saturated carbocycles. The van der Waals surface area contributed by atoms with E-state index in [1.807, 2.05) is 6.92 Å². The van der Waals surface area contributed by atoms with Crippen LogP contribution in [0.5, 0.6) is 5.75 Å². The summed E-state index contributed by atoms with van der Waals surface area (Å²) in [5.41, 5.74) is 7.38. The maximum absolute atomic E-state index is 11.7. The normalized spacial score (nSPS) is 11.8. The third-order valence-corrected chi connectivity index (χ3v) is 3.87. The number of benzene rings is 2. The molecule has 0 radical (unpaired) electrons. The molecule has 3 N–H and O–H groups in total. The minimum Gasteiger partial charge on any atom is -0.508 e. The average molecular weight is 329 g/mol. The Morgan fingerprint density at radius 2 is 2.04 bits per heavy atom. The van der Waals surface area contributed by atoms with Crippen molar-refractivity contribution in [3.05, 3.63) is 64.2 Å². The third kappa shape index (κ3) is 2.91. The molecule has 0 aliphatic rings. The summed E-state index contributed by atoms with van der Waals surface area (Å²) >= 11 is 6.08. The first kappa shape index (κ1) is 15.1. The molecule has 6 heteroatoms. The molecule has 0 aliphatic carbocycles. The number of primary amides is 1. The van der Waals surface area contributed by atoms with Gasteiger partial charge >= 0.3 is 0 Å². The van der Waals surface area contributed by atoms with E-state index in [0.29, 0.717) is 21.7 Å². The van der Waals surface area contributed by atoms with E-state index < -0.39 is 5.91 Å². The Labute approximate surface area is 136 Å². The monoisotopic (exact) mass is 328 g/mol. The van der Waals surface area contributed by atoms with Gasteiger partial charge in [-0.15, -0.1) is 0 Å². The minimum atomic E-state index is -0.651. The Kier molecular flexibility index (Phi) is 3.80. The quantitative estimate of drug-likeness (QED) is 0.755. The summed E-state index contributed by atoms with van der Waals surface area (Å²) in [5.74, 6) is -0.597. The number of aromatic hydroxyl groups is 1. The molecule has 0 spiro atoms. The second-order valence-corrected chi connectivity index (χ2v) is 5.45.